The van der Waals surface area contributed by atoms with Gasteiger partial charge in [0, 0.05) is 54.4 Å². The number of rotatable bonds is 9. The fourth-order valence-corrected chi connectivity index (χ4v) is 5.05. The highest BCUT2D eigenvalue weighted by molar-refractivity contribution is 6.36. The fraction of sp³-hybridized carbons (Fsp3) is 0.207. The molecule has 1 fully saturated rings. The molecule has 2 aromatic heterocycles. The van der Waals surface area contributed by atoms with Crippen molar-refractivity contribution in [3.05, 3.63) is 107 Å². The van der Waals surface area contributed by atoms with Crippen LogP contribution in [0, 0.1) is 17.1 Å². The highest BCUT2D eigenvalue weighted by atomic mass is 35.5. The number of pyridine rings is 2. The number of fused-ring (bicyclic) bond motifs is 1. The Morgan fingerprint density at radius 1 is 1.18 bits per heavy atom. The summed E-state index contributed by atoms with van der Waals surface area (Å²) in [5, 5.41) is 19.7. The van der Waals surface area contributed by atoms with E-state index in [2.05, 4.69) is 37.6 Å². The monoisotopic (exact) mass is 550 g/mol. The zero-order valence-corrected chi connectivity index (χ0v) is 22.2. The van der Waals surface area contributed by atoms with Crippen LogP contribution in [0.25, 0.3) is 10.9 Å². The van der Waals surface area contributed by atoms with Crippen LogP contribution in [0.2, 0.25) is 5.02 Å². The Bertz CT molecular complexity index is 1620. The van der Waals surface area contributed by atoms with E-state index >= 15 is 0 Å². The maximum Gasteiger partial charge on any atom is 0.123 e. The summed E-state index contributed by atoms with van der Waals surface area (Å²) in [7, 11) is 7.06. The first-order valence-electron chi connectivity index (χ1n) is 13.0. The number of benzene rings is 2. The second kappa shape index (κ2) is 10.7. The maximum absolute atomic E-state index is 13.8. The summed E-state index contributed by atoms with van der Waals surface area (Å²) in [5.74, 6) is -0.359. The summed E-state index contributed by atoms with van der Waals surface area (Å²) in [6.07, 6.45) is 8.04. The maximum atomic E-state index is 13.8. The van der Waals surface area contributed by atoms with Gasteiger partial charge in [0.2, 0.25) is 0 Å². The van der Waals surface area contributed by atoms with Crippen LogP contribution in [0.4, 0.5) is 15.8 Å². The van der Waals surface area contributed by atoms with Crippen LogP contribution in [0.15, 0.2) is 78.9 Å². The van der Waals surface area contributed by atoms with Crippen LogP contribution in [0.5, 0.6) is 0 Å². The van der Waals surface area contributed by atoms with Gasteiger partial charge in [-0.3, -0.25) is 15.0 Å². The van der Waals surface area contributed by atoms with Gasteiger partial charge in [0.1, 0.15) is 19.7 Å². The SMILES string of the molecule is [B]C(Nc1cc(Cl)c2ncc(C#N)c(NCCc3ccccn3)c2c1)(C1=CN(C2CC2)NN1)c1ccc(F)cc1. The van der Waals surface area contributed by atoms with Gasteiger partial charge in [-0.05, 0) is 54.8 Å². The molecule has 6 rings (SSSR count). The molecule has 11 heteroatoms. The Hall–Kier alpha value is -4.33. The summed E-state index contributed by atoms with van der Waals surface area (Å²) in [6, 6.07) is 18.0. The molecule has 40 heavy (non-hydrogen) atoms. The van der Waals surface area contributed by atoms with Crippen LogP contribution in [0.3, 0.4) is 0 Å². The number of nitriles is 1. The summed E-state index contributed by atoms with van der Waals surface area (Å²) in [5.41, 5.74) is 9.45. The van der Waals surface area contributed by atoms with Gasteiger partial charge in [0.05, 0.1) is 32.9 Å². The second-order valence-electron chi connectivity index (χ2n) is 9.87. The molecule has 1 saturated carbocycles. The van der Waals surface area contributed by atoms with E-state index < -0.39 is 5.44 Å². The summed E-state index contributed by atoms with van der Waals surface area (Å²) in [6.45, 7) is 0.552. The highest BCUT2D eigenvalue weighted by Gasteiger charge is 2.37. The molecule has 1 aliphatic heterocycles. The number of nitrogens with zero attached hydrogens (tertiary/aromatic N) is 4. The second-order valence-corrected chi connectivity index (χ2v) is 10.3. The lowest BCUT2D eigenvalue weighted by atomic mass is 9.69. The summed E-state index contributed by atoms with van der Waals surface area (Å²) in [4.78, 5) is 8.82. The van der Waals surface area contributed by atoms with Gasteiger partial charge < -0.3 is 16.1 Å². The van der Waals surface area contributed by atoms with Crippen LogP contribution < -0.4 is 21.6 Å². The molecular formula is C29H25BClFN8. The molecule has 4 N–H and O–H groups in total. The number of hydrogen-bond acceptors (Lipinski definition) is 8. The quantitative estimate of drug-likeness (QED) is 0.222. The van der Waals surface area contributed by atoms with E-state index in [0.717, 1.165) is 18.5 Å². The Morgan fingerprint density at radius 3 is 2.73 bits per heavy atom. The zero-order valence-electron chi connectivity index (χ0n) is 21.5. The van der Waals surface area contributed by atoms with Crippen molar-refractivity contribution in [1.29, 1.82) is 5.26 Å². The molecule has 4 aromatic rings. The number of anilines is 2. The molecule has 2 aromatic carbocycles. The van der Waals surface area contributed by atoms with Gasteiger partial charge in [-0.1, -0.05) is 29.8 Å². The zero-order chi connectivity index (χ0) is 27.7. The van der Waals surface area contributed by atoms with Gasteiger partial charge in [-0.15, -0.1) is 5.53 Å². The lowest BCUT2D eigenvalue weighted by Gasteiger charge is -2.34. The van der Waals surface area contributed by atoms with Gasteiger partial charge in [0.15, 0.2) is 0 Å². The minimum atomic E-state index is -1.27. The number of nitrogens with one attached hydrogen (secondary N) is 4. The summed E-state index contributed by atoms with van der Waals surface area (Å²) >= 11 is 6.72. The topological polar surface area (TPSA) is 101 Å². The fourth-order valence-electron chi connectivity index (χ4n) is 4.78. The third-order valence-electron chi connectivity index (χ3n) is 7.05. The van der Waals surface area contributed by atoms with E-state index in [1.807, 2.05) is 35.5 Å². The Labute approximate surface area is 237 Å². The average molecular weight is 551 g/mol. The third kappa shape index (κ3) is 5.14. The molecule has 0 bridgehead atoms. The van der Waals surface area contributed by atoms with E-state index in [1.54, 1.807) is 24.4 Å². The molecule has 0 spiro atoms. The van der Waals surface area contributed by atoms with Crippen molar-refractivity contribution < 1.29 is 4.39 Å². The molecule has 1 unspecified atom stereocenters. The molecule has 2 aliphatic rings. The predicted octanol–water partition coefficient (Wildman–Crippen LogP) is 4.71. The number of hydrogen-bond donors (Lipinski definition) is 4. The molecular weight excluding hydrogens is 526 g/mol. The van der Waals surface area contributed by atoms with Crippen molar-refractivity contribution in [2.45, 2.75) is 30.7 Å². The molecule has 0 saturated heterocycles. The average Bonchev–Trinajstić information content (AvgIpc) is 3.69. The number of aromatic nitrogens is 2. The number of hydrazine groups is 2. The van der Waals surface area contributed by atoms with E-state index in [0.29, 0.717) is 63.1 Å². The van der Waals surface area contributed by atoms with Crippen molar-refractivity contribution in [3.63, 3.8) is 0 Å². The Morgan fingerprint density at radius 2 is 2.00 bits per heavy atom. The van der Waals surface area contributed by atoms with Crippen molar-refractivity contribution in [2.75, 3.05) is 17.2 Å². The van der Waals surface area contributed by atoms with E-state index in [9.17, 15) is 9.65 Å². The first-order chi connectivity index (χ1) is 19.4. The van der Waals surface area contributed by atoms with Crippen LogP contribution in [-0.4, -0.2) is 35.4 Å². The summed E-state index contributed by atoms with van der Waals surface area (Å²) < 4.78 is 13.8. The smallest absolute Gasteiger partial charge is 0.123 e. The molecule has 198 valence electrons. The van der Waals surface area contributed by atoms with Crippen molar-refractivity contribution in [3.8, 4) is 6.07 Å². The first-order valence-corrected chi connectivity index (χ1v) is 13.3. The molecule has 1 aliphatic carbocycles. The standard InChI is InChI=1S/C29H25BClFN8/c30-29(19-4-6-20(32)7-5-19,26-17-40(39-38-26)23-8-9-23)37-22-13-24-27(35-12-10-21-3-1-2-11-34-21)18(15-33)16-36-28(24)25(31)14-22/h1-7,11,13-14,16-17,23,37-39H,8-10,12H2,(H,35,36). The molecule has 1 atom stereocenters. The Balaban J connectivity index is 1.38. The van der Waals surface area contributed by atoms with Gasteiger partial charge in [0.25, 0.3) is 0 Å². The molecule has 3 heterocycles. The van der Waals surface area contributed by atoms with Gasteiger partial charge >= 0.3 is 0 Å². The van der Waals surface area contributed by atoms with E-state index in [4.69, 9.17) is 19.4 Å². The van der Waals surface area contributed by atoms with Crippen molar-refractivity contribution >= 4 is 41.7 Å². The van der Waals surface area contributed by atoms with Crippen molar-refractivity contribution in [1.82, 2.24) is 25.9 Å². The van der Waals surface area contributed by atoms with Gasteiger partial charge in [-0.25, -0.2) is 4.39 Å². The minimum absolute atomic E-state index is 0.359. The normalized spacial score (nSPS) is 16.1. The molecule has 8 nitrogen and oxygen atoms in total. The lowest BCUT2D eigenvalue weighted by molar-refractivity contribution is 0.260. The van der Waals surface area contributed by atoms with Crippen LogP contribution >= 0.6 is 11.6 Å². The third-order valence-corrected chi connectivity index (χ3v) is 7.34. The van der Waals surface area contributed by atoms with Gasteiger partial charge in [-0.2, -0.15) is 5.26 Å². The predicted molar refractivity (Wildman–Crippen MR) is 155 cm³/mol. The molecule has 0 amide bonds. The van der Waals surface area contributed by atoms with Crippen LogP contribution in [-0.2, 0) is 11.9 Å². The van der Waals surface area contributed by atoms with E-state index in [1.165, 1.54) is 18.3 Å². The Kier molecular flexibility index (Phi) is 6.92. The minimum Gasteiger partial charge on any atom is -0.383 e. The van der Waals surface area contributed by atoms with Crippen LogP contribution in [0.1, 0.15) is 29.7 Å². The highest BCUT2D eigenvalue weighted by Crippen LogP contribution is 2.38. The van der Waals surface area contributed by atoms with Crippen molar-refractivity contribution in [2.24, 2.45) is 0 Å². The largest absolute Gasteiger partial charge is 0.383 e. The lowest BCUT2D eigenvalue weighted by Crippen LogP contribution is -2.45. The first kappa shape index (κ1) is 25.9. The number of halogens is 2. The molecule has 2 radical (unpaired) electrons. The van der Waals surface area contributed by atoms with E-state index in [-0.39, 0.29) is 5.82 Å².